The fourth-order valence-corrected chi connectivity index (χ4v) is 2.03. The molecule has 3 aromatic rings. The Hall–Kier alpha value is -2.21. The standard InChI is InChI=1S/C13H12ClN5O/c14-11-8-12(19-13(18-11)16-9-17-19)20-7-1-2-10-3-5-15-6-4-10/h3-6,8-9H,1-2,7H2. The molecule has 3 heterocycles. The lowest BCUT2D eigenvalue weighted by Gasteiger charge is -2.07. The molecule has 7 heteroatoms. The molecule has 0 atom stereocenters. The first-order valence-electron chi connectivity index (χ1n) is 6.21. The second-order valence-electron chi connectivity index (χ2n) is 4.20. The molecule has 3 aromatic heterocycles. The van der Waals surface area contributed by atoms with Crippen LogP contribution in [-0.4, -0.2) is 31.2 Å². The molecule has 0 aliphatic rings. The van der Waals surface area contributed by atoms with E-state index in [0.717, 1.165) is 12.8 Å². The summed E-state index contributed by atoms with van der Waals surface area (Å²) in [7, 11) is 0. The van der Waals surface area contributed by atoms with E-state index < -0.39 is 0 Å². The van der Waals surface area contributed by atoms with Crippen LogP contribution in [0.4, 0.5) is 0 Å². The predicted octanol–water partition coefficient (Wildman–Crippen LogP) is 2.18. The van der Waals surface area contributed by atoms with Gasteiger partial charge >= 0.3 is 0 Å². The van der Waals surface area contributed by atoms with Crippen LogP contribution in [0.25, 0.3) is 5.78 Å². The zero-order valence-electron chi connectivity index (χ0n) is 10.6. The summed E-state index contributed by atoms with van der Waals surface area (Å²) in [5, 5.41) is 4.39. The zero-order chi connectivity index (χ0) is 13.8. The van der Waals surface area contributed by atoms with Gasteiger partial charge in [-0.1, -0.05) is 11.6 Å². The number of rotatable bonds is 5. The fourth-order valence-electron chi connectivity index (χ4n) is 1.86. The molecule has 102 valence electrons. The van der Waals surface area contributed by atoms with Crippen LogP contribution in [0.1, 0.15) is 12.0 Å². The van der Waals surface area contributed by atoms with Gasteiger partial charge in [-0.15, -0.1) is 0 Å². The van der Waals surface area contributed by atoms with Gasteiger partial charge in [0.05, 0.1) is 6.61 Å². The smallest absolute Gasteiger partial charge is 0.256 e. The van der Waals surface area contributed by atoms with Gasteiger partial charge in [0.2, 0.25) is 5.88 Å². The number of aryl methyl sites for hydroxylation is 1. The highest BCUT2D eigenvalue weighted by Crippen LogP contribution is 2.16. The number of aromatic nitrogens is 5. The van der Waals surface area contributed by atoms with Crippen LogP contribution < -0.4 is 4.74 Å². The van der Waals surface area contributed by atoms with Crippen molar-refractivity contribution in [2.75, 3.05) is 6.61 Å². The van der Waals surface area contributed by atoms with Crippen LogP contribution in [0.5, 0.6) is 5.88 Å². The number of hydrogen-bond donors (Lipinski definition) is 0. The van der Waals surface area contributed by atoms with Crippen molar-refractivity contribution in [2.24, 2.45) is 0 Å². The highest BCUT2D eigenvalue weighted by atomic mass is 35.5. The van der Waals surface area contributed by atoms with E-state index in [-0.39, 0.29) is 0 Å². The third-order valence-electron chi connectivity index (χ3n) is 2.80. The number of nitrogens with zero attached hydrogens (tertiary/aromatic N) is 5. The molecular formula is C13H12ClN5O. The summed E-state index contributed by atoms with van der Waals surface area (Å²) < 4.78 is 7.23. The lowest BCUT2D eigenvalue weighted by molar-refractivity contribution is 0.291. The van der Waals surface area contributed by atoms with Gasteiger partial charge in [-0.25, -0.2) is 0 Å². The summed E-state index contributed by atoms with van der Waals surface area (Å²) in [5.74, 6) is 0.980. The largest absolute Gasteiger partial charge is 0.477 e. The molecule has 0 saturated heterocycles. The Balaban J connectivity index is 1.61. The monoisotopic (exact) mass is 289 g/mol. The molecule has 0 saturated carbocycles. The van der Waals surface area contributed by atoms with E-state index in [0.29, 0.717) is 23.4 Å². The van der Waals surface area contributed by atoms with Crippen molar-refractivity contribution in [2.45, 2.75) is 12.8 Å². The van der Waals surface area contributed by atoms with E-state index in [1.54, 1.807) is 18.5 Å². The SMILES string of the molecule is Clc1cc(OCCCc2ccncc2)n2ncnc2n1. The van der Waals surface area contributed by atoms with Gasteiger partial charge in [0.15, 0.2) is 0 Å². The fraction of sp³-hybridized carbons (Fsp3) is 0.231. The van der Waals surface area contributed by atoms with Crippen molar-refractivity contribution >= 4 is 17.4 Å². The number of ether oxygens (including phenoxy) is 1. The summed E-state index contributed by atoms with van der Waals surface area (Å²) in [6, 6.07) is 5.63. The summed E-state index contributed by atoms with van der Waals surface area (Å²) in [6.07, 6.45) is 6.82. The first-order valence-corrected chi connectivity index (χ1v) is 6.59. The van der Waals surface area contributed by atoms with Gasteiger partial charge in [0, 0.05) is 18.5 Å². The van der Waals surface area contributed by atoms with E-state index in [4.69, 9.17) is 16.3 Å². The van der Waals surface area contributed by atoms with Crippen LogP contribution in [0.2, 0.25) is 5.15 Å². The normalized spacial score (nSPS) is 10.8. The first-order chi connectivity index (χ1) is 9.83. The van der Waals surface area contributed by atoms with Gasteiger partial charge in [-0.2, -0.15) is 19.6 Å². The zero-order valence-corrected chi connectivity index (χ0v) is 11.4. The Bertz CT molecular complexity index is 700. The summed E-state index contributed by atoms with van der Waals surface area (Å²) in [4.78, 5) is 12.0. The van der Waals surface area contributed by atoms with E-state index in [2.05, 4.69) is 20.1 Å². The number of hydrogen-bond acceptors (Lipinski definition) is 5. The second kappa shape index (κ2) is 5.83. The third-order valence-corrected chi connectivity index (χ3v) is 2.99. The van der Waals surface area contributed by atoms with Crippen molar-refractivity contribution in [3.63, 3.8) is 0 Å². The number of fused-ring (bicyclic) bond motifs is 1. The van der Waals surface area contributed by atoms with Gasteiger partial charge in [-0.3, -0.25) is 4.98 Å². The topological polar surface area (TPSA) is 65.2 Å². The number of pyridine rings is 1. The summed E-state index contributed by atoms with van der Waals surface area (Å²) >= 11 is 5.91. The van der Waals surface area contributed by atoms with Crippen molar-refractivity contribution < 1.29 is 4.74 Å². The Morgan fingerprint density at radius 1 is 1.25 bits per heavy atom. The molecule has 20 heavy (non-hydrogen) atoms. The van der Waals surface area contributed by atoms with Gasteiger partial charge in [0.25, 0.3) is 5.78 Å². The molecule has 0 aliphatic carbocycles. The third kappa shape index (κ3) is 2.85. The minimum atomic E-state index is 0.342. The maximum Gasteiger partial charge on any atom is 0.256 e. The number of halogens is 1. The summed E-state index contributed by atoms with van der Waals surface area (Å²) in [6.45, 7) is 0.567. The molecule has 0 unspecified atom stereocenters. The van der Waals surface area contributed by atoms with Gasteiger partial charge < -0.3 is 4.74 Å². The molecule has 0 N–H and O–H groups in total. The van der Waals surface area contributed by atoms with Crippen LogP contribution in [-0.2, 0) is 6.42 Å². The molecule has 3 rings (SSSR count). The van der Waals surface area contributed by atoms with Crippen molar-refractivity contribution in [1.82, 2.24) is 24.6 Å². The molecule has 0 aliphatic heterocycles. The maximum absolute atomic E-state index is 5.91. The molecule has 0 spiro atoms. The molecule has 0 fully saturated rings. The van der Waals surface area contributed by atoms with Crippen molar-refractivity contribution in [3.8, 4) is 5.88 Å². The quantitative estimate of drug-likeness (QED) is 0.532. The predicted molar refractivity (Wildman–Crippen MR) is 73.8 cm³/mol. The van der Waals surface area contributed by atoms with E-state index in [1.807, 2.05) is 12.1 Å². The van der Waals surface area contributed by atoms with E-state index in [9.17, 15) is 0 Å². The highest BCUT2D eigenvalue weighted by Gasteiger charge is 2.07. The van der Waals surface area contributed by atoms with Crippen molar-refractivity contribution in [1.29, 1.82) is 0 Å². The Morgan fingerprint density at radius 2 is 2.10 bits per heavy atom. The van der Waals surface area contributed by atoms with Gasteiger partial charge in [-0.05, 0) is 30.5 Å². The highest BCUT2D eigenvalue weighted by molar-refractivity contribution is 6.29. The van der Waals surface area contributed by atoms with Gasteiger partial charge in [0.1, 0.15) is 11.5 Å². The summed E-state index contributed by atoms with van der Waals surface area (Å²) in [5.41, 5.74) is 1.24. The first kappa shape index (κ1) is 12.8. The Kier molecular flexibility index (Phi) is 3.73. The molecule has 0 bridgehead atoms. The van der Waals surface area contributed by atoms with Crippen LogP contribution in [0.3, 0.4) is 0 Å². The maximum atomic E-state index is 5.91. The molecule has 0 amide bonds. The molecule has 0 aromatic carbocycles. The molecule has 0 radical (unpaired) electrons. The Morgan fingerprint density at radius 3 is 2.95 bits per heavy atom. The lowest BCUT2D eigenvalue weighted by atomic mass is 10.1. The lowest BCUT2D eigenvalue weighted by Crippen LogP contribution is -2.05. The van der Waals surface area contributed by atoms with Crippen LogP contribution in [0.15, 0.2) is 36.9 Å². The van der Waals surface area contributed by atoms with Crippen molar-refractivity contribution in [3.05, 3.63) is 47.6 Å². The Labute approximate surface area is 120 Å². The average molecular weight is 290 g/mol. The van der Waals surface area contributed by atoms with Crippen LogP contribution >= 0.6 is 11.6 Å². The minimum absolute atomic E-state index is 0.342. The second-order valence-corrected chi connectivity index (χ2v) is 4.58. The van der Waals surface area contributed by atoms with E-state index >= 15 is 0 Å². The average Bonchev–Trinajstić information content (AvgIpc) is 2.92. The molecule has 6 nitrogen and oxygen atoms in total. The van der Waals surface area contributed by atoms with E-state index in [1.165, 1.54) is 16.4 Å². The minimum Gasteiger partial charge on any atom is -0.477 e. The molecular weight excluding hydrogens is 278 g/mol. The van der Waals surface area contributed by atoms with Crippen LogP contribution in [0, 0.1) is 0 Å².